The van der Waals surface area contributed by atoms with Gasteiger partial charge in [0, 0.05) is 30.2 Å². The minimum Gasteiger partial charge on any atom is -0.313 e. The summed E-state index contributed by atoms with van der Waals surface area (Å²) in [6.45, 7) is 11.2. The Morgan fingerprint density at radius 1 is 1.64 bits per heavy atom. The zero-order chi connectivity index (χ0) is 10.6. The molecule has 0 aliphatic carbocycles. The first kappa shape index (κ1) is 12.0. The van der Waals surface area contributed by atoms with E-state index in [1.807, 2.05) is 0 Å². The van der Waals surface area contributed by atoms with Crippen LogP contribution in [0.3, 0.4) is 0 Å². The van der Waals surface area contributed by atoms with Gasteiger partial charge in [0.25, 0.3) is 0 Å². The summed E-state index contributed by atoms with van der Waals surface area (Å²) in [6, 6.07) is 1.18. The minimum absolute atomic E-state index is 0.535. The Kier molecular flexibility index (Phi) is 4.93. The second-order valence-electron chi connectivity index (χ2n) is 4.33. The molecule has 0 saturated carbocycles. The molecule has 82 valence electrons. The molecule has 1 atom stereocenters. The topological polar surface area (TPSA) is 15.3 Å². The fourth-order valence-corrected chi connectivity index (χ4v) is 2.03. The highest BCUT2D eigenvalue weighted by molar-refractivity contribution is 6.29. The molecule has 14 heavy (non-hydrogen) atoms. The molecule has 1 N–H and O–H groups in total. The van der Waals surface area contributed by atoms with Crippen LogP contribution in [0.1, 0.15) is 26.7 Å². The fraction of sp³-hybridized carbons (Fsp3) is 0.818. The van der Waals surface area contributed by atoms with Gasteiger partial charge in [-0.1, -0.05) is 18.2 Å². The van der Waals surface area contributed by atoms with Crippen LogP contribution in [0, 0.1) is 0 Å². The van der Waals surface area contributed by atoms with Gasteiger partial charge in [-0.25, -0.2) is 0 Å². The van der Waals surface area contributed by atoms with Crippen LogP contribution in [-0.4, -0.2) is 36.6 Å². The highest BCUT2D eigenvalue weighted by atomic mass is 35.5. The van der Waals surface area contributed by atoms with Crippen molar-refractivity contribution in [2.75, 3.05) is 19.6 Å². The average Bonchev–Trinajstić information content (AvgIpc) is 2.54. The summed E-state index contributed by atoms with van der Waals surface area (Å²) in [5, 5.41) is 4.23. The quantitative estimate of drug-likeness (QED) is 0.758. The lowest BCUT2D eigenvalue weighted by molar-refractivity contribution is 0.222. The van der Waals surface area contributed by atoms with Gasteiger partial charge in [0.1, 0.15) is 0 Å². The standard InChI is InChI=1S/C11H21ClN2/c1-9(2)14(7-10(3)12)8-11-5-4-6-13-11/h9,11,13H,3-8H2,1-2H3. The summed E-state index contributed by atoms with van der Waals surface area (Å²) in [5.74, 6) is 0. The number of hydrogen-bond acceptors (Lipinski definition) is 2. The maximum Gasteiger partial charge on any atom is 0.0339 e. The second kappa shape index (κ2) is 5.74. The minimum atomic E-state index is 0.535. The Morgan fingerprint density at radius 3 is 2.79 bits per heavy atom. The molecule has 1 rings (SSSR count). The predicted octanol–water partition coefficient (Wildman–Crippen LogP) is 2.20. The van der Waals surface area contributed by atoms with Crippen molar-refractivity contribution in [3.05, 3.63) is 11.6 Å². The van der Waals surface area contributed by atoms with Crippen LogP contribution in [-0.2, 0) is 0 Å². The number of nitrogens with one attached hydrogen (secondary N) is 1. The van der Waals surface area contributed by atoms with Crippen molar-refractivity contribution in [3.8, 4) is 0 Å². The molecule has 1 saturated heterocycles. The van der Waals surface area contributed by atoms with E-state index in [0.29, 0.717) is 12.1 Å². The summed E-state index contributed by atoms with van der Waals surface area (Å²) in [6.07, 6.45) is 2.59. The molecule has 2 nitrogen and oxygen atoms in total. The Bertz CT molecular complexity index is 186. The Hall–Kier alpha value is -0.0500. The number of hydrogen-bond donors (Lipinski definition) is 1. The van der Waals surface area contributed by atoms with Crippen LogP contribution in [0.15, 0.2) is 11.6 Å². The van der Waals surface area contributed by atoms with Gasteiger partial charge in [0.05, 0.1) is 0 Å². The molecule has 0 aromatic rings. The first-order valence-electron chi connectivity index (χ1n) is 5.40. The van der Waals surface area contributed by atoms with Crippen molar-refractivity contribution in [1.29, 1.82) is 0 Å². The van der Waals surface area contributed by atoms with Gasteiger partial charge in [-0.15, -0.1) is 0 Å². The van der Waals surface area contributed by atoms with E-state index in [9.17, 15) is 0 Å². The van der Waals surface area contributed by atoms with Gasteiger partial charge >= 0.3 is 0 Å². The lowest BCUT2D eigenvalue weighted by Gasteiger charge is -2.28. The molecule has 3 heteroatoms. The largest absolute Gasteiger partial charge is 0.313 e. The van der Waals surface area contributed by atoms with Crippen molar-refractivity contribution >= 4 is 11.6 Å². The van der Waals surface area contributed by atoms with Crippen molar-refractivity contribution in [2.24, 2.45) is 0 Å². The third-order valence-corrected chi connectivity index (χ3v) is 2.84. The molecular formula is C11H21ClN2. The monoisotopic (exact) mass is 216 g/mol. The molecule has 0 aromatic carbocycles. The highest BCUT2D eigenvalue weighted by Gasteiger charge is 2.19. The third-order valence-electron chi connectivity index (χ3n) is 2.72. The number of nitrogens with zero attached hydrogens (tertiary/aromatic N) is 1. The van der Waals surface area contributed by atoms with E-state index in [1.54, 1.807) is 0 Å². The molecule has 1 aliphatic heterocycles. The Labute approximate surface area is 92.3 Å². The summed E-state index contributed by atoms with van der Waals surface area (Å²) in [4.78, 5) is 2.37. The molecule has 0 amide bonds. The summed E-state index contributed by atoms with van der Waals surface area (Å²) in [5.41, 5.74) is 0. The molecule has 1 fully saturated rings. The van der Waals surface area contributed by atoms with E-state index < -0.39 is 0 Å². The van der Waals surface area contributed by atoms with E-state index >= 15 is 0 Å². The van der Waals surface area contributed by atoms with Gasteiger partial charge in [0.15, 0.2) is 0 Å². The molecule has 1 aliphatic rings. The predicted molar refractivity (Wildman–Crippen MR) is 62.7 cm³/mol. The molecule has 1 unspecified atom stereocenters. The normalized spacial score (nSPS) is 22.2. The maximum atomic E-state index is 5.85. The van der Waals surface area contributed by atoms with Gasteiger partial charge in [-0.05, 0) is 33.2 Å². The van der Waals surface area contributed by atoms with E-state index in [0.717, 1.165) is 18.1 Å². The lowest BCUT2D eigenvalue weighted by Crippen LogP contribution is -2.41. The van der Waals surface area contributed by atoms with Crippen molar-refractivity contribution in [3.63, 3.8) is 0 Å². The van der Waals surface area contributed by atoms with Crippen LogP contribution < -0.4 is 5.32 Å². The average molecular weight is 217 g/mol. The first-order chi connectivity index (χ1) is 6.59. The second-order valence-corrected chi connectivity index (χ2v) is 4.87. The van der Waals surface area contributed by atoms with Crippen molar-refractivity contribution < 1.29 is 0 Å². The number of halogens is 1. The number of rotatable bonds is 5. The molecular weight excluding hydrogens is 196 g/mol. The van der Waals surface area contributed by atoms with E-state index in [-0.39, 0.29) is 0 Å². The van der Waals surface area contributed by atoms with E-state index in [1.165, 1.54) is 19.4 Å². The van der Waals surface area contributed by atoms with Gasteiger partial charge in [-0.3, -0.25) is 4.90 Å². The van der Waals surface area contributed by atoms with E-state index in [4.69, 9.17) is 11.6 Å². The van der Waals surface area contributed by atoms with Gasteiger partial charge in [0.2, 0.25) is 0 Å². The van der Waals surface area contributed by atoms with Crippen LogP contribution in [0.25, 0.3) is 0 Å². The molecule has 0 aromatic heterocycles. The summed E-state index contributed by atoms with van der Waals surface area (Å²) in [7, 11) is 0. The lowest BCUT2D eigenvalue weighted by atomic mass is 10.2. The van der Waals surface area contributed by atoms with Crippen LogP contribution >= 0.6 is 11.6 Å². The zero-order valence-corrected chi connectivity index (χ0v) is 9.98. The third kappa shape index (κ3) is 3.99. The van der Waals surface area contributed by atoms with E-state index in [2.05, 4.69) is 30.6 Å². The molecule has 1 heterocycles. The van der Waals surface area contributed by atoms with Gasteiger partial charge in [-0.2, -0.15) is 0 Å². The van der Waals surface area contributed by atoms with Crippen molar-refractivity contribution in [1.82, 2.24) is 10.2 Å². The Morgan fingerprint density at radius 2 is 2.36 bits per heavy atom. The SMILES string of the molecule is C=C(Cl)CN(CC1CCCN1)C(C)C. The van der Waals surface area contributed by atoms with Crippen LogP contribution in [0.2, 0.25) is 0 Å². The maximum absolute atomic E-state index is 5.85. The van der Waals surface area contributed by atoms with Gasteiger partial charge < -0.3 is 5.32 Å². The molecule has 0 bridgehead atoms. The fourth-order valence-electron chi connectivity index (χ4n) is 1.87. The van der Waals surface area contributed by atoms with Crippen LogP contribution in [0.4, 0.5) is 0 Å². The Balaban J connectivity index is 2.37. The van der Waals surface area contributed by atoms with Crippen LogP contribution in [0.5, 0.6) is 0 Å². The summed E-state index contributed by atoms with van der Waals surface area (Å²) >= 11 is 5.85. The summed E-state index contributed by atoms with van der Waals surface area (Å²) < 4.78 is 0. The molecule has 0 spiro atoms. The van der Waals surface area contributed by atoms with Crippen molar-refractivity contribution in [2.45, 2.75) is 38.8 Å². The smallest absolute Gasteiger partial charge is 0.0339 e. The highest BCUT2D eigenvalue weighted by Crippen LogP contribution is 2.11. The molecule has 0 radical (unpaired) electrons. The first-order valence-corrected chi connectivity index (χ1v) is 5.78. The zero-order valence-electron chi connectivity index (χ0n) is 9.22.